The first-order chi connectivity index (χ1) is 9.67. The van der Waals surface area contributed by atoms with Crippen molar-refractivity contribution in [1.82, 2.24) is 10.2 Å². The number of rotatable bonds is 9. The minimum atomic E-state index is -0.273. The summed E-state index contributed by atoms with van der Waals surface area (Å²) >= 11 is 0. The van der Waals surface area contributed by atoms with Crippen LogP contribution in [0, 0.1) is 0 Å². The van der Waals surface area contributed by atoms with Gasteiger partial charge in [0.1, 0.15) is 5.78 Å². The van der Waals surface area contributed by atoms with Crippen LogP contribution in [-0.2, 0) is 14.3 Å². The summed E-state index contributed by atoms with van der Waals surface area (Å²) in [5.41, 5.74) is 0. The van der Waals surface area contributed by atoms with E-state index >= 15 is 0 Å². The van der Waals surface area contributed by atoms with Gasteiger partial charge in [-0.05, 0) is 45.8 Å². The highest BCUT2D eigenvalue weighted by atomic mass is 16.5. The molecule has 0 aromatic rings. The van der Waals surface area contributed by atoms with Gasteiger partial charge >= 0.3 is 5.97 Å². The SMILES string of the molecule is CCCN(CC(=O)CCC(=O)OCC)C1CCNCC1. The predicted octanol–water partition coefficient (Wildman–Crippen LogP) is 1.36. The van der Waals surface area contributed by atoms with Crippen molar-refractivity contribution >= 4 is 11.8 Å². The number of Topliss-reactive ketones (excluding diaryl/α,β-unsaturated/α-hetero) is 1. The second kappa shape index (κ2) is 9.88. The van der Waals surface area contributed by atoms with E-state index in [2.05, 4.69) is 17.1 Å². The maximum atomic E-state index is 12.0. The van der Waals surface area contributed by atoms with Crippen LogP contribution in [0.25, 0.3) is 0 Å². The molecule has 0 aromatic heterocycles. The van der Waals surface area contributed by atoms with Gasteiger partial charge in [-0.2, -0.15) is 0 Å². The molecular weight excluding hydrogens is 256 g/mol. The smallest absolute Gasteiger partial charge is 0.306 e. The number of nitrogens with one attached hydrogen (secondary N) is 1. The van der Waals surface area contributed by atoms with E-state index in [4.69, 9.17) is 4.74 Å². The molecule has 1 aliphatic heterocycles. The highest BCUT2D eigenvalue weighted by Gasteiger charge is 2.22. The first-order valence-corrected chi connectivity index (χ1v) is 7.79. The highest BCUT2D eigenvalue weighted by molar-refractivity contribution is 5.84. The lowest BCUT2D eigenvalue weighted by Gasteiger charge is -2.34. The second-order valence-corrected chi connectivity index (χ2v) is 5.30. The Balaban J connectivity index is 2.35. The Kier molecular flexibility index (Phi) is 8.46. The highest BCUT2D eigenvalue weighted by Crippen LogP contribution is 2.13. The predicted molar refractivity (Wildman–Crippen MR) is 78.6 cm³/mol. The molecule has 0 radical (unpaired) electrons. The number of carbonyl (C=O) groups excluding carboxylic acids is 2. The molecule has 0 unspecified atom stereocenters. The third-order valence-corrected chi connectivity index (χ3v) is 3.63. The zero-order valence-corrected chi connectivity index (χ0v) is 12.8. The second-order valence-electron chi connectivity index (χ2n) is 5.30. The van der Waals surface area contributed by atoms with E-state index in [0.29, 0.717) is 25.6 Å². The van der Waals surface area contributed by atoms with E-state index in [-0.39, 0.29) is 18.2 Å². The molecule has 0 bridgehead atoms. The molecule has 1 heterocycles. The average Bonchev–Trinajstić information content (AvgIpc) is 2.46. The van der Waals surface area contributed by atoms with Gasteiger partial charge in [-0.1, -0.05) is 6.92 Å². The fourth-order valence-electron chi connectivity index (χ4n) is 2.63. The number of esters is 1. The molecule has 0 aromatic carbocycles. The Morgan fingerprint density at radius 3 is 2.50 bits per heavy atom. The molecule has 1 rings (SSSR count). The van der Waals surface area contributed by atoms with Gasteiger partial charge in [-0.3, -0.25) is 14.5 Å². The molecule has 1 fully saturated rings. The molecule has 1 saturated heterocycles. The van der Waals surface area contributed by atoms with E-state index < -0.39 is 0 Å². The van der Waals surface area contributed by atoms with Crippen molar-refractivity contribution in [2.75, 3.05) is 32.8 Å². The molecular formula is C15H28N2O3. The van der Waals surface area contributed by atoms with E-state index in [0.717, 1.165) is 38.9 Å². The van der Waals surface area contributed by atoms with Crippen LogP contribution in [0.5, 0.6) is 0 Å². The molecule has 0 aliphatic carbocycles. The lowest BCUT2D eigenvalue weighted by atomic mass is 10.0. The molecule has 1 aliphatic rings. The van der Waals surface area contributed by atoms with Crippen LogP contribution in [0.15, 0.2) is 0 Å². The molecule has 0 atom stereocenters. The van der Waals surface area contributed by atoms with Gasteiger partial charge in [0.15, 0.2) is 0 Å². The standard InChI is InChI=1S/C15H28N2O3/c1-3-11-17(13-7-9-16-10-8-13)12-14(18)5-6-15(19)20-4-2/h13,16H,3-12H2,1-2H3. The number of carbonyl (C=O) groups is 2. The van der Waals surface area contributed by atoms with Crippen LogP contribution >= 0.6 is 0 Å². The summed E-state index contributed by atoms with van der Waals surface area (Å²) < 4.78 is 4.85. The van der Waals surface area contributed by atoms with Gasteiger partial charge in [0.25, 0.3) is 0 Å². The lowest BCUT2D eigenvalue weighted by molar-refractivity contribution is -0.144. The first-order valence-electron chi connectivity index (χ1n) is 7.79. The summed E-state index contributed by atoms with van der Waals surface area (Å²) in [7, 11) is 0. The fourth-order valence-corrected chi connectivity index (χ4v) is 2.63. The van der Waals surface area contributed by atoms with Crippen LogP contribution in [0.1, 0.15) is 46.0 Å². The molecule has 116 valence electrons. The van der Waals surface area contributed by atoms with Crippen LogP contribution < -0.4 is 5.32 Å². The van der Waals surface area contributed by atoms with Crippen molar-refractivity contribution < 1.29 is 14.3 Å². The first kappa shape index (κ1) is 17.1. The van der Waals surface area contributed by atoms with Crippen molar-refractivity contribution in [3.05, 3.63) is 0 Å². The Morgan fingerprint density at radius 1 is 1.20 bits per heavy atom. The van der Waals surface area contributed by atoms with Gasteiger partial charge in [0.05, 0.1) is 19.6 Å². The number of nitrogens with zero attached hydrogens (tertiary/aromatic N) is 1. The summed E-state index contributed by atoms with van der Waals surface area (Å²) in [4.78, 5) is 25.6. The third kappa shape index (κ3) is 6.48. The maximum absolute atomic E-state index is 12.0. The Morgan fingerprint density at radius 2 is 1.90 bits per heavy atom. The van der Waals surface area contributed by atoms with Crippen molar-refractivity contribution in [3.8, 4) is 0 Å². The van der Waals surface area contributed by atoms with Gasteiger partial charge in [-0.25, -0.2) is 0 Å². The summed E-state index contributed by atoms with van der Waals surface area (Å²) in [5, 5.41) is 3.35. The van der Waals surface area contributed by atoms with Crippen molar-refractivity contribution in [2.24, 2.45) is 0 Å². The van der Waals surface area contributed by atoms with Crippen molar-refractivity contribution in [3.63, 3.8) is 0 Å². The number of hydrogen-bond acceptors (Lipinski definition) is 5. The Hall–Kier alpha value is -0.940. The van der Waals surface area contributed by atoms with Gasteiger partial charge < -0.3 is 10.1 Å². The maximum Gasteiger partial charge on any atom is 0.306 e. The average molecular weight is 284 g/mol. The molecule has 0 amide bonds. The van der Waals surface area contributed by atoms with Gasteiger partial charge in [0, 0.05) is 12.5 Å². The third-order valence-electron chi connectivity index (χ3n) is 3.63. The van der Waals surface area contributed by atoms with Crippen LogP contribution in [0.3, 0.4) is 0 Å². The van der Waals surface area contributed by atoms with Crippen LogP contribution in [0.2, 0.25) is 0 Å². The van der Waals surface area contributed by atoms with Crippen molar-refractivity contribution in [2.45, 2.75) is 52.0 Å². The quantitative estimate of drug-likeness (QED) is 0.648. The minimum absolute atomic E-state index is 0.144. The van der Waals surface area contributed by atoms with E-state index in [1.165, 1.54) is 0 Å². The fraction of sp³-hybridized carbons (Fsp3) is 0.867. The molecule has 0 spiro atoms. The zero-order chi connectivity index (χ0) is 14.8. The largest absolute Gasteiger partial charge is 0.466 e. The lowest BCUT2D eigenvalue weighted by Crippen LogP contribution is -2.45. The normalized spacial score (nSPS) is 16.4. The summed E-state index contributed by atoms with van der Waals surface area (Å²) in [6.45, 7) is 7.78. The molecule has 5 heteroatoms. The van der Waals surface area contributed by atoms with Gasteiger partial charge in [-0.15, -0.1) is 0 Å². The van der Waals surface area contributed by atoms with Crippen LogP contribution in [-0.4, -0.2) is 55.5 Å². The number of hydrogen-bond donors (Lipinski definition) is 1. The zero-order valence-electron chi connectivity index (χ0n) is 12.8. The van der Waals surface area contributed by atoms with Crippen molar-refractivity contribution in [1.29, 1.82) is 0 Å². The monoisotopic (exact) mass is 284 g/mol. The Labute approximate surface area is 122 Å². The molecule has 20 heavy (non-hydrogen) atoms. The summed E-state index contributed by atoms with van der Waals surface area (Å²) in [6, 6.07) is 0.503. The van der Waals surface area contributed by atoms with Crippen LogP contribution in [0.4, 0.5) is 0 Å². The Bertz CT molecular complexity index is 301. The number of ketones is 1. The number of ether oxygens (including phenoxy) is 1. The minimum Gasteiger partial charge on any atom is -0.466 e. The van der Waals surface area contributed by atoms with E-state index in [1.54, 1.807) is 6.92 Å². The summed E-state index contributed by atoms with van der Waals surface area (Å²) in [6.07, 6.45) is 3.76. The summed E-state index contributed by atoms with van der Waals surface area (Å²) in [5.74, 6) is -0.130. The van der Waals surface area contributed by atoms with E-state index in [1.807, 2.05) is 0 Å². The molecule has 1 N–H and O–H groups in total. The van der Waals surface area contributed by atoms with Gasteiger partial charge in [0.2, 0.25) is 0 Å². The molecule has 5 nitrogen and oxygen atoms in total. The topological polar surface area (TPSA) is 58.6 Å². The van der Waals surface area contributed by atoms with E-state index in [9.17, 15) is 9.59 Å². The molecule has 0 saturated carbocycles. The number of piperidine rings is 1.